The van der Waals surface area contributed by atoms with Gasteiger partial charge in [0.25, 0.3) is 5.91 Å². The molecule has 1 heterocycles. The maximum absolute atomic E-state index is 12.5. The Bertz CT molecular complexity index is 890. The lowest BCUT2D eigenvalue weighted by molar-refractivity contribution is 0.0935. The molecule has 4 nitrogen and oxygen atoms in total. The minimum Gasteiger partial charge on any atom is -0.486 e. The van der Waals surface area contributed by atoms with E-state index in [2.05, 4.69) is 30.2 Å². The van der Waals surface area contributed by atoms with Crippen molar-refractivity contribution in [1.29, 1.82) is 0 Å². The van der Waals surface area contributed by atoms with Crippen molar-refractivity contribution in [3.63, 3.8) is 0 Å². The maximum Gasteiger partial charge on any atom is 0.271 e. The van der Waals surface area contributed by atoms with Gasteiger partial charge in [-0.3, -0.25) is 4.79 Å². The fraction of sp³-hybridized carbons (Fsp3) is 0.273. The third-order valence-corrected chi connectivity index (χ3v) is 5.15. The van der Waals surface area contributed by atoms with E-state index in [1.807, 2.05) is 55.5 Å². The van der Waals surface area contributed by atoms with Crippen molar-refractivity contribution in [2.45, 2.75) is 39.3 Å². The number of hydrogen-bond acceptors (Lipinski definition) is 4. The molecule has 1 N–H and O–H groups in total. The van der Waals surface area contributed by atoms with Gasteiger partial charge in [0.05, 0.1) is 6.04 Å². The second-order valence-corrected chi connectivity index (χ2v) is 7.66. The van der Waals surface area contributed by atoms with Crippen molar-refractivity contribution in [2.24, 2.45) is 0 Å². The molecular formula is C22H24N2O2S. The van der Waals surface area contributed by atoms with Gasteiger partial charge in [-0.1, -0.05) is 62.4 Å². The van der Waals surface area contributed by atoms with E-state index in [0.29, 0.717) is 18.2 Å². The Morgan fingerprint density at radius 1 is 1.07 bits per heavy atom. The molecule has 5 heteroatoms. The van der Waals surface area contributed by atoms with Crippen LogP contribution in [0.15, 0.2) is 60.0 Å². The summed E-state index contributed by atoms with van der Waals surface area (Å²) < 4.78 is 5.94. The summed E-state index contributed by atoms with van der Waals surface area (Å²) in [5, 5.41) is 5.55. The highest BCUT2D eigenvalue weighted by atomic mass is 32.1. The van der Waals surface area contributed by atoms with Crippen molar-refractivity contribution < 1.29 is 9.53 Å². The van der Waals surface area contributed by atoms with E-state index < -0.39 is 0 Å². The molecule has 0 bridgehead atoms. The van der Waals surface area contributed by atoms with E-state index in [-0.39, 0.29) is 11.9 Å². The zero-order valence-corrected chi connectivity index (χ0v) is 16.6. The van der Waals surface area contributed by atoms with Gasteiger partial charge in [0.15, 0.2) is 0 Å². The number of nitrogens with one attached hydrogen (secondary N) is 1. The third-order valence-electron chi connectivity index (χ3n) is 4.32. The first-order valence-corrected chi connectivity index (χ1v) is 9.94. The van der Waals surface area contributed by atoms with Crippen molar-refractivity contribution in [2.75, 3.05) is 0 Å². The van der Waals surface area contributed by atoms with Crippen LogP contribution in [0.2, 0.25) is 0 Å². The van der Waals surface area contributed by atoms with E-state index in [4.69, 9.17) is 4.74 Å². The second-order valence-electron chi connectivity index (χ2n) is 6.71. The Kier molecular flexibility index (Phi) is 6.24. The van der Waals surface area contributed by atoms with Gasteiger partial charge < -0.3 is 10.1 Å². The van der Waals surface area contributed by atoms with Gasteiger partial charge >= 0.3 is 0 Å². The molecule has 27 heavy (non-hydrogen) atoms. The standard InChI is InChI=1S/C22H24N2O2S/c1-15(2)18-11-7-8-12-20(18)26-13-21-24-19(14-27-21)22(25)23-16(3)17-9-5-4-6-10-17/h4-12,14-16H,13H2,1-3H3,(H,23,25)/t16-/m0/s1. The number of nitrogens with zero attached hydrogens (tertiary/aromatic N) is 1. The van der Waals surface area contributed by atoms with Crippen molar-refractivity contribution in [3.8, 4) is 5.75 Å². The molecule has 0 fully saturated rings. The molecule has 1 atom stereocenters. The van der Waals surface area contributed by atoms with E-state index in [1.54, 1.807) is 5.38 Å². The van der Waals surface area contributed by atoms with Crippen LogP contribution in [-0.4, -0.2) is 10.9 Å². The number of aromatic nitrogens is 1. The molecule has 3 aromatic rings. The Hall–Kier alpha value is -2.66. The molecule has 3 rings (SSSR count). The smallest absolute Gasteiger partial charge is 0.271 e. The van der Waals surface area contributed by atoms with Gasteiger partial charge in [0.2, 0.25) is 0 Å². The van der Waals surface area contributed by atoms with Gasteiger partial charge in [-0.15, -0.1) is 11.3 Å². The predicted molar refractivity (Wildman–Crippen MR) is 109 cm³/mol. The summed E-state index contributed by atoms with van der Waals surface area (Å²) in [7, 11) is 0. The molecular weight excluding hydrogens is 356 g/mol. The zero-order chi connectivity index (χ0) is 19.2. The molecule has 0 saturated heterocycles. The number of thiazole rings is 1. The average Bonchev–Trinajstić information content (AvgIpc) is 3.16. The molecule has 140 valence electrons. The lowest BCUT2D eigenvalue weighted by atomic mass is 10.0. The average molecular weight is 381 g/mol. The molecule has 1 aromatic heterocycles. The number of ether oxygens (including phenoxy) is 1. The first kappa shape index (κ1) is 19.1. The quantitative estimate of drug-likeness (QED) is 0.602. The largest absolute Gasteiger partial charge is 0.486 e. The van der Waals surface area contributed by atoms with Crippen LogP contribution < -0.4 is 10.1 Å². The number of carbonyl (C=O) groups is 1. The van der Waals surface area contributed by atoms with E-state index in [1.165, 1.54) is 16.9 Å². The summed E-state index contributed by atoms with van der Waals surface area (Å²) in [5.74, 6) is 1.08. The molecule has 2 aromatic carbocycles. The highest BCUT2D eigenvalue weighted by Crippen LogP contribution is 2.27. The maximum atomic E-state index is 12.5. The van der Waals surface area contributed by atoms with E-state index in [9.17, 15) is 4.79 Å². The van der Waals surface area contributed by atoms with Crippen molar-refractivity contribution in [1.82, 2.24) is 10.3 Å². The van der Waals surface area contributed by atoms with Crippen LogP contribution in [0.25, 0.3) is 0 Å². The summed E-state index contributed by atoms with van der Waals surface area (Å²) in [6, 6.07) is 17.8. The fourth-order valence-corrected chi connectivity index (χ4v) is 3.49. The van der Waals surface area contributed by atoms with E-state index in [0.717, 1.165) is 16.3 Å². The Morgan fingerprint density at radius 3 is 2.52 bits per heavy atom. The normalized spacial score (nSPS) is 12.0. The summed E-state index contributed by atoms with van der Waals surface area (Å²) >= 11 is 1.44. The topological polar surface area (TPSA) is 51.2 Å². The van der Waals surface area contributed by atoms with Crippen LogP contribution in [0, 0.1) is 0 Å². The molecule has 0 unspecified atom stereocenters. The van der Waals surface area contributed by atoms with E-state index >= 15 is 0 Å². The number of para-hydroxylation sites is 1. The van der Waals surface area contributed by atoms with Gasteiger partial charge in [0.1, 0.15) is 23.1 Å². The van der Waals surface area contributed by atoms with Crippen LogP contribution >= 0.6 is 11.3 Å². The summed E-state index contributed by atoms with van der Waals surface area (Å²) in [4.78, 5) is 16.9. The molecule has 0 radical (unpaired) electrons. The number of hydrogen-bond donors (Lipinski definition) is 1. The number of carbonyl (C=O) groups excluding carboxylic acids is 1. The second kappa shape index (κ2) is 8.82. The molecule has 0 aliphatic carbocycles. The molecule has 0 aliphatic rings. The number of benzene rings is 2. The van der Waals surface area contributed by atoms with Crippen molar-refractivity contribution >= 4 is 17.2 Å². The minimum absolute atomic E-state index is 0.0713. The molecule has 0 saturated carbocycles. The fourth-order valence-electron chi connectivity index (χ4n) is 2.81. The predicted octanol–water partition coefficient (Wildman–Crippen LogP) is 5.34. The van der Waals surface area contributed by atoms with Crippen LogP contribution in [0.1, 0.15) is 59.4 Å². The van der Waals surface area contributed by atoms with Gasteiger partial charge in [-0.25, -0.2) is 4.98 Å². The lowest BCUT2D eigenvalue weighted by Gasteiger charge is -2.13. The zero-order valence-electron chi connectivity index (χ0n) is 15.8. The summed E-state index contributed by atoms with van der Waals surface area (Å²) in [6.07, 6.45) is 0. The first-order chi connectivity index (χ1) is 13.0. The molecule has 0 aliphatic heterocycles. The van der Waals surface area contributed by atoms with Crippen LogP contribution in [0.5, 0.6) is 5.75 Å². The lowest BCUT2D eigenvalue weighted by Crippen LogP contribution is -2.26. The van der Waals surface area contributed by atoms with Gasteiger partial charge in [0, 0.05) is 5.38 Å². The Labute approximate surface area is 164 Å². The third kappa shape index (κ3) is 4.95. The van der Waals surface area contributed by atoms with Crippen LogP contribution in [0.3, 0.4) is 0 Å². The SMILES string of the molecule is CC(C)c1ccccc1OCc1nc(C(=O)N[C@@H](C)c2ccccc2)cs1. The minimum atomic E-state index is -0.170. The molecule has 0 spiro atoms. The molecule has 1 amide bonds. The van der Waals surface area contributed by atoms with Crippen LogP contribution in [0.4, 0.5) is 0 Å². The Balaban J connectivity index is 1.61. The van der Waals surface area contributed by atoms with Gasteiger partial charge in [-0.05, 0) is 30.0 Å². The Morgan fingerprint density at radius 2 is 1.78 bits per heavy atom. The van der Waals surface area contributed by atoms with Gasteiger partial charge in [-0.2, -0.15) is 0 Å². The van der Waals surface area contributed by atoms with Crippen LogP contribution in [-0.2, 0) is 6.61 Å². The number of amides is 1. The highest BCUT2D eigenvalue weighted by Gasteiger charge is 2.15. The monoisotopic (exact) mass is 380 g/mol. The first-order valence-electron chi connectivity index (χ1n) is 9.06. The van der Waals surface area contributed by atoms with Crippen molar-refractivity contribution in [3.05, 3.63) is 81.8 Å². The summed E-state index contributed by atoms with van der Waals surface area (Å²) in [6.45, 7) is 6.60. The summed E-state index contributed by atoms with van der Waals surface area (Å²) in [5.41, 5.74) is 2.66. The highest BCUT2D eigenvalue weighted by molar-refractivity contribution is 7.09. The number of rotatable bonds is 7.